The van der Waals surface area contributed by atoms with E-state index < -0.39 is 44.4 Å². The fraction of sp³-hybridized carbons (Fsp3) is 0.700. The quantitative estimate of drug-likeness (QED) is 0.0406. The van der Waals surface area contributed by atoms with Crippen molar-refractivity contribution in [3.8, 4) is 5.75 Å². The van der Waals surface area contributed by atoms with Crippen molar-refractivity contribution < 1.29 is 47.7 Å². The van der Waals surface area contributed by atoms with Gasteiger partial charge in [-0.3, -0.25) is 9.05 Å². The molecule has 1 aromatic carbocycles. The number of benzene rings is 1. The molecule has 1 saturated heterocycles. The number of aromatic nitrogens is 3. The number of hydrogen-bond acceptors (Lipinski definition) is 12. The lowest BCUT2D eigenvalue weighted by Gasteiger charge is -2.27. The number of ether oxygens (including phenoxy) is 4. The fourth-order valence-corrected chi connectivity index (χ4v) is 7.67. The first kappa shape index (κ1) is 45.1. The summed E-state index contributed by atoms with van der Waals surface area (Å²) in [7, 11) is -3.05. The molecule has 0 saturated carbocycles. The Morgan fingerprint density at radius 3 is 2.13 bits per heavy atom. The van der Waals surface area contributed by atoms with Gasteiger partial charge < -0.3 is 39.8 Å². The van der Waals surface area contributed by atoms with Crippen LogP contribution in [0, 0.1) is 0 Å². The highest BCUT2D eigenvalue weighted by molar-refractivity contribution is 7.47. The van der Waals surface area contributed by atoms with E-state index in [2.05, 4.69) is 17.0 Å². The Hall–Kier alpha value is -2.65. The van der Waals surface area contributed by atoms with E-state index in [1.807, 2.05) is 24.3 Å². The van der Waals surface area contributed by atoms with Crippen LogP contribution < -0.4 is 10.5 Å². The third-order valence-corrected chi connectivity index (χ3v) is 11.3. The summed E-state index contributed by atoms with van der Waals surface area (Å²) in [6.45, 7) is 3.95. The third-order valence-electron chi connectivity index (χ3n) is 10.3. The van der Waals surface area contributed by atoms with E-state index in [9.17, 15) is 19.7 Å². The number of nitrogen functional groups attached to an aromatic ring is 1. The predicted octanol–water partition coefficient (Wildman–Crippen LogP) is 7.26. The second-order valence-electron chi connectivity index (χ2n) is 14.7. The number of anilines is 1. The van der Waals surface area contributed by atoms with Crippen LogP contribution in [0.5, 0.6) is 5.75 Å². The first-order valence-corrected chi connectivity index (χ1v) is 21.6. The Morgan fingerprint density at radius 1 is 0.891 bits per heavy atom. The molecule has 1 aliphatic rings. The van der Waals surface area contributed by atoms with Crippen molar-refractivity contribution >= 4 is 19.2 Å². The van der Waals surface area contributed by atoms with E-state index in [0.717, 1.165) is 24.2 Å². The molecule has 0 amide bonds. The fourth-order valence-electron chi connectivity index (χ4n) is 6.91. The van der Waals surface area contributed by atoms with Gasteiger partial charge in [0.25, 0.3) is 0 Å². The molecule has 0 bridgehead atoms. The molecule has 2 aromatic heterocycles. The van der Waals surface area contributed by atoms with Crippen LogP contribution in [0.25, 0.3) is 5.52 Å². The van der Waals surface area contributed by atoms with Gasteiger partial charge in [-0.05, 0) is 43.2 Å². The summed E-state index contributed by atoms with van der Waals surface area (Å²) in [5.41, 5.74) is 6.31. The smallest absolute Gasteiger partial charge is 0.472 e. The molecule has 0 aliphatic carbocycles. The zero-order chi connectivity index (χ0) is 39.5. The third kappa shape index (κ3) is 14.4. The van der Waals surface area contributed by atoms with Crippen LogP contribution in [0.3, 0.4) is 0 Å². The molecule has 0 spiro atoms. The van der Waals surface area contributed by atoms with Gasteiger partial charge in [-0.25, -0.2) is 14.1 Å². The number of nitrogens with zero attached hydrogens (tertiary/aromatic N) is 3. The van der Waals surface area contributed by atoms with E-state index in [1.54, 1.807) is 26.2 Å². The van der Waals surface area contributed by atoms with E-state index in [4.69, 9.17) is 33.7 Å². The number of fused-ring (bicyclic) bond motifs is 1. The van der Waals surface area contributed by atoms with Gasteiger partial charge in [-0.2, -0.15) is 5.10 Å². The lowest BCUT2D eigenvalue weighted by molar-refractivity contribution is -0.0901. The van der Waals surface area contributed by atoms with Crippen molar-refractivity contribution in [2.45, 2.75) is 147 Å². The molecule has 14 nitrogen and oxygen atoms in total. The number of unbranched alkanes of at least 4 members (excludes halogenated alkanes) is 14. The first-order valence-electron chi connectivity index (χ1n) is 20.1. The Balaban J connectivity index is 1.17. The van der Waals surface area contributed by atoms with Gasteiger partial charge in [0.05, 0.1) is 39.2 Å². The van der Waals surface area contributed by atoms with Crippen LogP contribution in [0.4, 0.5) is 5.82 Å². The number of aliphatic hydroxyl groups is 2. The second-order valence-corrected chi connectivity index (χ2v) is 16.2. The van der Waals surface area contributed by atoms with Crippen molar-refractivity contribution in [3.63, 3.8) is 0 Å². The average Bonchev–Trinajstić information content (AvgIpc) is 3.72. The van der Waals surface area contributed by atoms with Crippen LogP contribution in [0.1, 0.15) is 121 Å². The highest BCUT2D eigenvalue weighted by atomic mass is 31.2. The first-order chi connectivity index (χ1) is 26.6. The Kier molecular flexibility index (Phi) is 19.3. The monoisotopic (exact) mass is 792 g/mol. The summed E-state index contributed by atoms with van der Waals surface area (Å²) in [5.74, 6) is 0.955. The molecule has 5 N–H and O–H groups in total. The summed E-state index contributed by atoms with van der Waals surface area (Å²) >= 11 is 0. The Labute approximate surface area is 326 Å². The number of phosphoric acid groups is 1. The molecule has 6 atom stereocenters. The zero-order valence-electron chi connectivity index (χ0n) is 33.1. The maximum atomic E-state index is 13.0. The van der Waals surface area contributed by atoms with Crippen molar-refractivity contribution in [2.24, 2.45) is 0 Å². The van der Waals surface area contributed by atoms with Crippen molar-refractivity contribution in [1.82, 2.24) is 14.6 Å². The SMILES string of the molecule is CCCCCCCCCCCCCCCCCOC[C@H](COP(=O)(O)OC[C@H]1O[C@@](C)(c2ccc3c(N)ncnn23)[C@H](O)[C@@H]1O)OCc1ccc(OC)cc1. The van der Waals surface area contributed by atoms with Crippen LogP contribution in [-0.2, 0) is 40.0 Å². The predicted molar refractivity (Wildman–Crippen MR) is 211 cm³/mol. The number of phosphoric ester groups is 1. The summed E-state index contributed by atoms with van der Waals surface area (Å²) in [6.07, 6.45) is 15.9. The van der Waals surface area contributed by atoms with Gasteiger partial charge in [0.15, 0.2) is 5.82 Å². The van der Waals surface area contributed by atoms with Crippen molar-refractivity contribution in [3.05, 3.63) is 54.0 Å². The molecular formula is C40H65N4O10P. The highest BCUT2D eigenvalue weighted by Gasteiger charge is 2.54. The van der Waals surface area contributed by atoms with Crippen LogP contribution in [-0.4, -0.2) is 87.7 Å². The minimum atomic E-state index is -4.64. The van der Waals surface area contributed by atoms with Crippen LogP contribution in [0.15, 0.2) is 42.7 Å². The number of rotatable bonds is 29. The largest absolute Gasteiger partial charge is 0.497 e. The lowest BCUT2D eigenvalue weighted by atomic mass is 9.93. The van der Waals surface area contributed by atoms with E-state index in [1.165, 1.54) is 94.3 Å². The maximum Gasteiger partial charge on any atom is 0.472 e. The van der Waals surface area contributed by atoms with E-state index in [0.29, 0.717) is 17.8 Å². The van der Waals surface area contributed by atoms with E-state index >= 15 is 0 Å². The number of hydrogen-bond donors (Lipinski definition) is 4. The summed E-state index contributed by atoms with van der Waals surface area (Å²) in [5, 5.41) is 26.0. The minimum Gasteiger partial charge on any atom is -0.497 e. The average molecular weight is 793 g/mol. The molecule has 310 valence electrons. The van der Waals surface area contributed by atoms with Gasteiger partial charge in [0.1, 0.15) is 47.6 Å². The minimum absolute atomic E-state index is 0.156. The summed E-state index contributed by atoms with van der Waals surface area (Å²) < 4.78 is 48.3. The van der Waals surface area contributed by atoms with Crippen LogP contribution in [0.2, 0.25) is 0 Å². The topological polar surface area (TPSA) is 189 Å². The zero-order valence-corrected chi connectivity index (χ0v) is 34.0. The molecule has 3 heterocycles. The molecule has 1 unspecified atom stereocenters. The lowest BCUT2D eigenvalue weighted by Crippen LogP contribution is -2.39. The molecule has 15 heteroatoms. The molecule has 55 heavy (non-hydrogen) atoms. The molecule has 4 rings (SSSR count). The molecule has 1 aliphatic heterocycles. The number of aliphatic hydroxyl groups excluding tert-OH is 2. The number of methoxy groups -OCH3 is 1. The maximum absolute atomic E-state index is 13.0. The molecular weight excluding hydrogens is 727 g/mol. The van der Waals surface area contributed by atoms with Crippen molar-refractivity contribution in [2.75, 3.05) is 39.3 Å². The Bertz CT molecular complexity index is 1560. The van der Waals surface area contributed by atoms with E-state index in [-0.39, 0.29) is 25.6 Å². The van der Waals surface area contributed by atoms with Gasteiger partial charge in [-0.1, -0.05) is 109 Å². The standard InChI is InChI=1S/C40H65N4O10P/c1-4-5-6-7-8-9-10-11-12-13-14-15-16-17-18-25-50-27-33(51-26-31-19-21-32(49-3)22-20-31)28-52-55(47,48)53-29-35-37(45)38(46)40(2,54-35)36-24-23-34-39(41)42-30-43-44(34)36/h19-24,30,33,35,37-38,45-46H,4-18,25-29H2,1-3H3,(H,47,48)(H2,41,42,43)/t33-,35-,37-,38-,40+/m1/s1. The molecule has 1 fully saturated rings. The normalized spacial score (nSPS) is 21.6. The summed E-state index contributed by atoms with van der Waals surface area (Å²) in [6, 6.07) is 10.7. The number of nitrogens with two attached hydrogens (primary N) is 1. The second kappa shape index (κ2) is 23.5. The van der Waals surface area contributed by atoms with Crippen LogP contribution >= 0.6 is 7.82 Å². The highest BCUT2D eigenvalue weighted by Crippen LogP contribution is 2.46. The van der Waals surface area contributed by atoms with Gasteiger partial charge in [-0.15, -0.1) is 0 Å². The van der Waals surface area contributed by atoms with Gasteiger partial charge in [0.2, 0.25) is 0 Å². The van der Waals surface area contributed by atoms with Crippen molar-refractivity contribution in [1.29, 1.82) is 0 Å². The Morgan fingerprint density at radius 2 is 1.51 bits per heavy atom. The molecule has 0 radical (unpaired) electrons. The van der Waals surface area contributed by atoms with Gasteiger partial charge in [0, 0.05) is 6.61 Å². The van der Waals surface area contributed by atoms with Gasteiger partial charge >= 0.3 is 7.82 Å². The molecule has 3 aromatic rings. The summed E-state index contributed by atoms with van der Waals surface area (Å²) in [4.78, 5) is 14.6.